The van der Waals surface area contributed by atoms with Crippen LogP contribution in [0.2, 0.25) is 0 Å². The van der Waals surface area contributed by atoms with Gasteiger partial charge in [0.2, 0.25) is 0 Å². The molecule has 4 heterocycles. The minimum Gasteiger partial charge on any atom is -0.443 e. The summed E-state index contributed by atoms with van der Waals surface area (Å²) in [4.78, 5) is 26.1. The molecule has 138 valence electrons. The molecule has 4 aromatic rings. The van der Waals surface area contributed by atoms with E-state index in [1.807, 2.05) is 67.9 Å². The molecule has 1 amide bonds. The molecule has 7 nitrogen and oxygen atoms in total. The van der Waals surface area contributed by atoms with E-state index in [4.69, 9.17) is 4.74 Å². The largest absolute Gasteiger partial charge is 0.443 e. The Balaban J connectivity index is 1.73. The highest BCUT2D eigenvalue weighted by Gasteiger charge is 2.21. The number of rotatable bonds is 2. The van der Waals surface area contributed by atoms with Crippen molar-refractivity contribution < 1.29 is 9.53 Å². The molecule has 0 saturated carbocycles. The van der Waals surface area contributed by atoms with Gasteiger partial charge in [0.1, 0.15) is 11.2 Å². The first-order valence-electron chi connectivity index (χ1n) is 8.70. The van der Waals surface area contributed by atoms with Crippen molar-refractivity contribution in [3.8, 4) is 11.4 Å². The molecule has 7 heteroatoms. The zero-order valence-corrected chi connectivity index (χ0v) is 15.7. The zero-order chi connectivity index (χ0) is 19.2. The number of hydrogen-bond acceptors (Lipinski definition) is 4. The van der Waals surface area contributed by atoms with Gasteiger partial charge in [-0.25, -0.2) is 14.8 Å². The molecule has 0 aromatic carbocycles. The van der Waals surface area contributed by atoms with Crippen LogP contribution in [0.15, 0.2) is 48.9 Å². The number of nitrogens with zero attached hydrogens (tertiary/aromatic N) is 4. The lowest BCUT2D eigenvalue weighted by Gasteiger charge is -2.24. The van der Waals surface area contributed by atoms with Crippen LogP contribution in [0.3, 0.4) is 0 Å². The Kier molecular flexibility index (Phi) is 3.87. The summed E-state index contributed by atoms with van der Waals surface area (Å²) in [5.41, 5.74) is 4.48. The van der Waals surface area contributed by atoms with E-state index in [0.29, 0.717) is 5.69 Å². The number of amides is 1. The Morgan fingerprint density at radius 1 is 1.19 bits per heavy atom. The Morgan fingerprint density at radius 2 is 2.00 bits per heavy atom. The lowest BCUT2D eigenvalue weighted by atomic mass is 10.2. The van der Waals surface area contributed by atoms with Gasteiger partial charge in [0, 0.05) is 19.4 Å². The van der Waals surface area contributed by atoms with E-state index < -0.39 is 11.7 Å². The standard InChI is InChI=1S/C20H21N5O2/c1-20(2,3)27-19(26)24(4)13-5-8-18-22-11-17(25(18)12-13)16-7-6-14-15(23-16)9-10-21-14/h5-12,21H,1-4H3. The van der Waals surface area contributed by atoms with Gasteiger partial charge >= 0.3 is 6.09 Å². The van der Waals surface area contributed by atoms with Crippen LogP contribution in [0.1, 0.15) is 20.8 Å². The van der Waals surface area contributed by atoms with Crippen LogP contribution in [-0.2, 0) is 4.74 Å². The van der Waals surface area contributed by atoms with E-state index in [-0.39, 0.29) is 0 Å². The molecule has 0 unspecified atom stereocenters. The first-order chi connectivity index (χ1) is 12.8. The van der Waals surface area contributed by atoms with Gasteiger partial charge in [-0.2, -0.15) is 0 Å². The topological polar surface area (TPSA) is 75.5 Å². The van der Waals surface area contributed by atoms with E-state index in [1.165, 1.54) is 4.90 Å². The molecule has 0 aliphatic carbocycles. The van der Waals surface area contributed by atoms with E-state index in [9.17, 15) is 4.79 Å². The van der Waals surface area contributed by atoms with Gasteiger partial charge in [-0.15, -0.1) is 0 Å². The van der Waals surface area contributed by atoms with Gasteiger partial charge in [0.05, 0.1) is 34.3 Å². The van der Waals surface area contributed by atoms with Gasteiger partial charge in [-0.3, -0.25) is 9.30 Å². The molecule has 0 fully saturated rings. The van der Waals surface area contributed by atoms with E-state index in [0.717, 1.165) is 28.1 Å². The first-order valence-corrected chi connectivity index (χ1v) is 8.70. The molecular formula is C20H21N5O2. The molecule has 0 aliphatic heterocycles. The van der Waals surface area contributed by atoms with Crippen LogP contribution in [0.25, 0.3) is 28.1 Å². The van der Waals surface area contributed by atoms with Crippen molar-refractivity contribution in [2.45, 2.75) is 26.4 Å². The molecule has 0 saturated heterocycles. The highest BCUT2D eigenvalue weighted by molar-refractivity contribution is 5.87. The van der Waals surface area contributed by atoms with Crippen LogP contribution in [0, 0.1) is 0 Å². The summed E-state index contributed by atoms with van der Waals surface area (Å²) < 4.78 is 7.38. The molecule has 0 bridgehead atoms. The monoisotopic (exact) mass is 363 g/mol. The van der Waals surface area contributed by atoms with Crippen LogP contribution in [0.5, 0.6) is 0 Å². The van der Waals surface area contributed by atoms with E-state index >= 15 is 0 Å². The average Bonchev–Trinajstić information content (AvgIpc) is 3.24. The number of carbonyl (C=O) groups excluding carboxylic acids is 1. The number of fused-ring (bicyclic) bond motifs is 2. The van der Waals surface area contributed by atoms with E-state index in [1.54, 1.807) is 13.2 Å². The highest BCUT2D eigenvalue weighted by Crippen LogP contribution is 2.24. The highest BCUT2D eigenvalue weighted by atomic mass is 16.6. The van der Waals surface area contributed by atoms with Crippen LogP contribution < -0.4 is 4.90 Å². The van der Waals surface area contributed by atoms with Gasteiger partial charge in [0.25, 0.3) is 0 Å². The van der Waals surface area contributed by atoms with Gasteiger partial charge in [0.15, 0.2) is 0 Å². The SMILES string of the molecule is CN(C(=O)OC(C)(C)C)c1ccc2ncc(-c3ccc4[nH]ccc4n3)n2c1. The molecule has 27 heavy (non-hydrogen) atoms. The number of ether oxygens (including phenoxy) is 1. The summed E-state index contributed by atoms with van der Waals surface area (Å²) in [5, 5.41) is 0. The fraction of sp³-hybridized carbons (Fsp3) is 0.250. The Bertz CT molecular complexity index is 1140. The summed E-state index contributed by atoms with van der Waals surface area (Å²) in [5.74, 6) is 0. The van der Waals surface area contributed by atoms with Crippen molar-refractivity contribution in [2.75, 3.05) is 11.9 Å². The quantitative estimate of drug-likeness (QED) is 0.578. The number of anilines is 1. The first kappa shape index (κ1) is 17.1. The predicted octanol–water partition coefficient (Wildman–Crippen LogP) is 4.25. The third-order valence-electron chi connectivity index (χ3n) is 4.21. The molecule has 1 N–H and O–H groups in total. The smallest absolute Gasteiger partial charge is 0.414 e. The lowest BCUT2D eigenvalue weighted by Crippen LogP contribution is -2.34. The fourth-order valence-corrected chi connectivity index (χ4v) is 2.87. The minimum absolute atomic E-state index is 0.407. The maximum absolute atomic E-state index is 12.4. The van der Waals surface area contributed by atoms with Crippen molar-refractivity contribution >= 4 is 28.5 Å². The molecule has 0 spiro atoms. The third kappa shape index (κ3) is 3.23. The minimum atomic E-state index is -0.550. The maximum atomic E-state index is 12.4. The number of H-pyrrole nitrogens is 1. The second kappa shape index (κ2) is 6.12. The number of imidazole rings is 1. The lowest BCUT2D eigenvalue weighted by molar-refractivity contribution is 0.0589. The maximum Gasteiger partial charge on any atom is 0.414 e. The fourth-order valence-electron chi connectivity index (χ4n) is 2.87. The van der Waals surface area contributed by atoms with Gasteiger partial charge in [-0.1, -0.05) is 0 Å². The normalized spacial score (nSPS) is 11.9. The summed E-state index contributed by atoms with van der Waals surface area (Å²) in [6.45, 7) is 5.54. The Labute approximate surface area is 156 Å². The predicted molar refractivity (Wildman–Crippen MR) is 105 cm³/mol. The molecule has 4 rings (SSSR count). The van der Waals surface area contributed by atoms with Crippen LogP contribution in [-0.4, -0.2) is 38.1 Å². The molecule has 0 radical (unpaired) electrons. The average molecular weight is 363 g/mol. The second-order valence-electron chi connectivity index (χ2n) is 7.41. The molecule has 4 aromatic heterocycles. The zero-order valence-electron chi connectivity index (χ0n) is 15.7. The van der Waals surface area contributed by atoms with Crippen LogP contribution >= 0.6 is 0 Å². The van der Waals surface area contributed by atoms with Crippen molar-refractivity contribution in [1.29, 1.82) is 0 Å². The Morgan fingerprint density at radius 3 is 2.78 bits per heavy atom. The van der Waals surface area contributed by atoms with Gasteiger partial charge in [-0.05, 0) is 51.1 Å². The summed E-state index contributed by atoms with van der Waals surface area (Å²) >= 11 is 0. The number of hydrogen-bond donors (Lipinski definition) is 1. The van der Waals surface area contributed by atoms with E-state index in [2.05, 4.69) is 15.0 Å². The van der Waals surface area contributed by atoms with Crippen molar-refractivity contribution in [1.82, 2.24) is 19.4 Å². The molecular weight excluding hydrogens is 342 g/mol. The number of carbonyl (C=O) groups is 1. The molecule has 0 atom stereocenters. The van der Waals surface area contributed by atoms with Crippen LogP contribution in [0.4, 0.5) is 10.5 Å². The van der Waals surface area contributed by atoms with Crippen molar-refractivity contribution in [3.63, 3.8) is 0 Å². The summed E-state index contributed by atoms with van der Waals surface area (Å²) in [7, 11) is 1.69. The summed E-state index contributed by atoms with van der Waals surface area (Å²) in [6.07, 6.45) is 5.11. The second-order valence-corrected chi connectivity index (χ2v) is 7.41. The number of aromatic nitrogens is 4. The van der Waals surface area contributed by atoms with Crippen molar-refractivity contribution in [2.24, 2.45) is 0 Å². The molecule has 0 aliphatic rings. The Hall–Kier alpha value is -3.35. The summed E-state index contributed by atoms with van der Waals surface area (Å²) in [6, 6.07) is 9.59. The van der Waals surface area contributed by atoms with Crippen molar-refractivity contribution in [3.05, 3.63) is 48.9 Å². The number of pyridine rings is 2. The van der Waals surface area contributed by atoms with Gasteiger partial charge < -0.3 is 9.72 Å². The number of nitrogens with one attached hydrogen (secondary N) is 1. The third-order valence-corrected chi connectivity index (χ3v) is 4.21. The number of aromatic amines is 1.